The van der Waals surface area contributed by atoms with Gasteiger partial charge in [0.05, 0.1) is 0 Å². The summed E-state index contributed by atoms with van der Waals surface area (Å²) in [5.41, 5.74) is 0.893. The normalized spacial score (nSPS) is 8.89. The van der Waals surface area contributed by atoms with Crippen molar-refractivity contribution >= 4 is 28.8 Å². The van der Waals surface area contributed by atoms with Gasteiger partial charge >= 0.3 is 6.09 Å². The lowest BCUT2D eigenvalue weighted by Crippen LogP contribution is -2.13. The first-order valence-corrected chi connectivity index (χ1v) is 6.26. The zero-order valence-electron chi connectivity index (χ0n) is 10.3. The molecule has 0 bridgehead atoms. The van der Waals surface area contributed by atoms with Crippen molar-refractivity contribution in [3.05, 3.63) is 41.7 Å². The Morgan fingerprint density at radius 1 is 1.42 bits per heavy atom. The van der Waals surface area contributed by atoms with Gasteiger partial charge in [-0.05, 0) is 24.6 Å². The quantitative estimate of drug-likeness (QED) is 0.873. The van der Waals surface area contributed by atoms with E-state index in [-0.39, 0.29) is 6.61 Å². The fourth-order valence-corrected chi connectivity index (χ4v) is 1.55. The second-order valence-electron chi connectivity index (χ2n) is 3.13. The van der Waals surface area contributed by atoms with Crippen molar-refractivity contribution in [3.8, 4) is 0 Å². The number of ether oxygens (including phenoxy) is 1. The molecule has 1 amide bonds. The first kappa shape index (κ1) is 14.8. The van der Waals surface area contributed by atoms with Crippen LogP contribution in [0.3, 0.4) is 0 Å². The molecule has 2 aromatic heterocycles. The van der Waals surface area contributed by atoms with Gasteiger partial charge in [0.15, 0.2) is 5.13 Å². The van der Waals surface area contributed by atoms with Gasteiger partial charge in [0.1, 0.15) is 12.9 Å². The minimum Gasteiger partial charge on any atom is -0.444 e. The smallest absolute Gasteiger partial charge is 0.413 e. The van der Waals surface area contributed by atoms with Crippen LogP contribution in [0.25, 0.3) is 0 Å². The predicted octanol–water partition coefficient (Wildman–Crippen LogP) is 2.49. The summed E-state index contributed by atoms with van der Waals surface area (Å²) < 4.78 is 4.99. The molecule has 2 aromatic rings. The summed E-state index contributed by atoms with van der Waals surface area (Å²) in [6.45, 7) is 1.67. The van der Waals surface area contributed by atoms with Crippen LogP contribution >= 0.6 is 11.3 Å². The molecule has 0 aliphatic carbocycles. The van der Waals surface area contributed by atoms with Crippen LogP contribution in [0, 0.1) is 0 Å². The molecule has 0 unspecified atom stereocenters. The van der Waals surface area contributed by atoms with E-state index in [1.54, 1.807) is 36.1 Å². The van der Waals surface area contributed by atoms with Gasteiger partial charge in [-0.15, -0.1) is 11.3 Å². The Labute approximate surface area is 114 Å². The third-order valence-electron chi connectivity index (χ3n) is 1.76. The Morgan fingerprint density at radius 3 is 2.68 bits per heavy atom. The van der Waals surface area contributed by atoms with Crippen LogP contribution < -0.4 is 5.32 Å². The van der Waals surface area contributed by atoms with E-state index in [1.807, 2.05) is 0 Å². The highest BCUT2D eigenvalue weighted by molar-refractivity contribution is 7.13. The molecule has 2 heterocycles. The standard InChI is InChI=1S/C10H9N3O2S.C2H4O/c14-10(13-9-12-5-6-16-9)15-7-8-1-3-11-4-2-8;1-2-3/h1-6H,7H2,(H,12,13,14);2H,1H3. The summed E-state index contributed by atoms with van der Waals surface area (Å²) in [5, 5.41) is 4.83. The van der Waals surface area contributed by atoms with Crippen LogP contribution in [-0.2, 0) is 16.1 Å². The topological polar surface area (TPSA) is 81.2 Å². The highest BCUT2D eigenvalue weighted by atomic mass is 32.1. The zero-order valence-corrected chi connectivity index (χ0v) is 11.1. The first-order chi connectivity index (χ1) is 9.26. The minimum atomic E-state index is -0.508. The Kier molecular flexibility index (Phi) is 6.81. The van der Waals surface area contributed by atoms with Gasteiger partial charge in [0.2, 0.25) is 0 Å². The van der Waals surface area contributed by atoms with Gasteiger partial charge in [-0.1, -0.05) is 0 Å². The van der Waals surface area contributed by atoms with Gasteiger partial charge in [0, 0.05) is 24.0 Å². The summed E-state index contributed by atoms with van der Waals surface area (Å²) in [7, 11) is 0. The number of aromatic nitrogens is 2. The number of thiazole rings is 1. The second-order valence-corrected chi connectivity index (χ2v) is 4.02. The maximum Gasteiger partial charge on any atom is 0.413 e. The molecule has 0 aliphatic heterocycles. The molecule has 0 aliphatic rings. The van der Waals surface area contributed by atoms with Crippen LogP contribution in [0.1, 0.15) is 12.5 Å². The average molecular weight is 279 g/mol. The number of nitrogens with one attached hydrogen (secondary N) is 1. The van der Waals surface area contributed by atoms with Crippen LogP contribution in [0.4, 0.5) is 9.93 Å². The van der Waals surface area contributed by atoms with Gasteiger partial charge in [-0.3, -0.25) is 10.3 Å². The van der Waals surface area contributed by atoms with E-state index < -0.39 is 6.09 Å². The number of rotatable bonds is 3. The van der Waals surface area contributed by atoms with Gasteiger partial charge < -0.3 is 9.53 Å². The molecule has 19 heavy (non-hydrogen) atoms. The number of aldehydes is 1. The molecule has 0 saturated heterocycles. The summed E-state index contributed by atoms with van der Waals surface area (Å²) in [6, 6.07) is 3.58. The molecule has 100 valence electrons. The number of hydrogen-bond acceptors (Lipinski definition) is 6. The molecular weight excluding hydrogens is 266 g/mol. The van der Waals surface area contributed by atoms with Gasteiger partial charge in [0.25, 0.3) is 0 Å². The lowest BCUT2D eigenvalue weighted by Gasteiger charge is -2.04. The lowest BCUT2D eigenvalue weighted by atomic mass is 10.3. The molecule has 0 saturated carbocycles. The van der Waals surface area contributed by atoms with Crippen molar-refractivity contribution < 1.29 is 14.3 Å². The molecule has 2 rings (SSSR count). The maximum atomic E-state index is 11.3. The van der Waals surface area contributed by atoms with E-state index in [1.165, 1.54) is 18.3 Å². The number of hydrogen-bond donors (Lipinski definition) is 1. The second kappa shape index (κ2) is 8.76. The molecule has 6 nitrogen and oxygen atoms in total. The average Bonchev–Trinajstić information content (AvgIpc) is 2.91. The van der Waals surface area contributed by atoms with Crippen molar-refractivity contribution in [1.29, 1.82) is 0 Å². The molecular formula is C12H13N3O3S. The highest BCUT2D eigenvalue weighted by Crippen LogP contribution is 2.10. The number of carbonyl (C=O) groups excluding carboxylic acids is 2. The van der Waals surface area contributed by atoms with Crippen molar-refractivity contribution in [2.45, 2.75) is 13.5 Å². The monoisotopic (exact) mass is 279 g/mol. The predicted molar refractivity (Wildman–Crippen MR) is 71.9 cm³/mol. The zero-order chi connectivity index (χ0) is 13.9. The Balaban J connectivity index is 0.000000550. The number of nitrogens with zero attached hydrogens (tertiary/aromatic N) is 2. The third kappa shape index (κ3) is 6.27. The lowest BCUT2D eigenvalue weighted by molar-refractivity contribution is -0.106. The van der Waals surface area contributed by atoms with E-state index in [9.17, 15) is 4.79 Å². The van der Waals surface area contributed by atoms with Crippen LogP contribution in [0.15, 0.2) is 36.1 Å². The Hall–Kier alpha value is -2.28. The Bertz CT molecular complexity index is 488. The van der Waals surface area contributed by atoms with Crippen molar-refractivity contribution in [1.82, 2.24) is 9.97 Å². The summed E-state index contributed by atoms with van der Waals surface area (Å²) in [5.74, 6) is 0. The molecule has 1 N–H and O–H groups in total. The largest absolute Gasteiger partial charge is 0.444 e. The maximum absolute atomic E-state index is 11.3. The van der Waals surface area contributed by atoms with Crippen molar-refractivity contribution in [3.63, 3.8) is 0 Å². The van der Waals surface area contributed by atoms with Crippen LogP contribution in [-0.4, -0.2) is 22.3 Å². The van der Waals surface area contributed by atoms with Crippen molar-refractivity contribution in [2.24, 2.45) is 0 Å². The highest BCUT2D eigenvalue weighted by Gasteiger charge is 2.04. The van der Waals surface area contributed by atoms with Gasteiger partial charge in [-0.2, -0.15) is 0 Å². The van der Waals surface area contributed by atoms with E-state index in [0.29, 0.717) is 5.13 Å². The SMILES string of the molecule is CC=O.O=C(Nc1nccs1)OCc1ccncc1. The molecule has 7 heteroatoms. The van der Waals surface area contributed by atoms with Crippen LogP contribution in [0.2, 0.25) is 0 Å². The number of pyridine rings is 1. The van der Waals surface area contributed by atoms with E-state index in [4.69, 9.17) is 9.53 Å². The molecule has 0 atom stereocenters. The van der Waals surface area contributed by atoms with Crippen LogP contribution in [0.5, 0.6) is 0 Å². The molecule has 0 aromatic carbocycles. The van der Waals surface area contributed by atoms with E-state index >= 15 is 0 Å². The summed E-state index contributed by atoms with van der Waals surface area (Å²) in [4.78, 5) is 27.9. The molecule has 0 fully saturated rings. The fourth-order valence-electron chi connectivity index (χ4n) is 1.04. The van der Waals surface area contributed by atoms with Gasteiger partial charge in [-0.25, -0.2) is 9.78 Å². The van der Waals surface area contributed by atoms with Crippen molar-refractivity contribution in [2.75, 3.05) is 5.32 Å². The number of amides is 1. The molecule has 0 spiro atoms. The summed E-state index contributed by atoms with van der Waals surface area (Å²) >= 11 is 1.34. The fraction of sp³-hybridized carbons (Fsp3) is 0.167. The molecule has 0 radical (unpaired) electrons. The number of carbonyl (C=O) groups is 2. The summed E-state index contributed by atoms with van der Waals surface area (Å²) in [6.07, 6.45) is 5.16. The Morgan fingerprint density at radius 2 is 2.11 bits per heavy atom. The van der Waals surface area contributed by atoms with E-state index in [2.05, 4.69) is 15.3 Å². The third-order valence-corrected chi connectivity index (χ3v) is 2.45. The first-order valence-electron chi connectivity index (χ1n) is 5.38. The minimum absolute atomic E-state index is 0.222. The number of anilines is 1. The van der Waals surface area contributed by atoms with E-state index in [0.717, 1.165) is 11.8 Å².